The van der Waals surface area contributed by atoms with E-state index in [1.807, 2.05) is 60.8 Å². The van der Waals surface area contributed by atoms with Crippen LogP contribution in [0.1, 0.15) is 45.1 Å². The van der Waals surface area contributed by atoms with E-state index in [1.165, 1.54) is 0 Å². The van der Waals surface area contributed by atoms with Crippen molar-refractivity contribution >= 4 is 35.6 Å². The first-order chi connectivity index (χ1) is 15.4. The predicted molar refractivity (Wildman–Crippen MR) is 124 cm³/mol. The molecule has 0 bridgehead atoms. The smallest absolute Gasteiger partial charge is 0.550 e. The molecule has 1 aliphatic rings. The molecule has 1 aliphatic heterocycles. The van der Waals surface area contributed by atoms with Gasteiger partial charge in [-0.15, -0.1) is 4.33 Å². The summed E-state index contributed by atoms with van der Waals surface area (Å²) in [5.74, 6) is -1.01. The number of carbonyl (C=O) groups is 1. The third kappa shape index (κ3) is 7.74. The molecular weight excluding hydrogens is 467 g/mol. The molecule has 0 atom stereocenters. The van der Waals surface area contributed by atoms with Crippen LogP contribution in [-0.2, 0) is 19.6 Å². The Labute approximate surface area is 241 Å². The molecule has 7 nitrogen and oxygen atoms in total. The molecule has 0 spiro atoms. The van der Waals surface area contributed by atoms with Crippen LogP contribution in [0.15, 0.2) is 70.2 Å². The molecule has 1 N–H and O–H groups in total. The number of unbranched alkanes of at least 4 members (excludes halogenated alkanes) is 2. The van der Waals surface area contributed by atoms with E-state index in [1.54, 1.807) is 0 Å². The number of fused-ring (bicyclic) bond motifs is 1. The average Bonchev–Trinajstić information content (AvgIpc) is 2.99. The van der Waals surface area contributed by atoms with Crippen LogP contribution in [-0.4, -0.2) is 24.0 Å². The number of anilines is 1. The van der Waals surface area contributed by atoms with Crippen LogP contribution in [0.2, 0.25) is 0 Å². The second kappa shape index (κ2) is 13.8. The first-order valence-corrected chi connectivity index (χ1v) is 11.2. The van der Waals surface area contributed by atoms with E-state index >= 15 is 0 Å². The number of hydrogen-bond donors (Lipinski definition) is 1. The van der Waals surface area contributed by atoms with Crippen molar-refractivity contribution < 1.29 is 75.9 Å². The second-order valence-electron chi connectivity index (χ2n) is 8.03. The standard InChI is InChI=1S/C24H28N2O5S.K/c1-24(2)20-17-19(32-31-30-29)12-13-21(20)26(16-8-4-7-11-23(27)28)22(24)14-15-25-18-9-5-3-6-10-18;/h3,5-6,9-10,12-15,17,29H,4,7-8,11,16H2,1-2H3,(H,27,28);/q;+1/p-1. The topological polar surface area (TPSA) is 94.4 Å². The van der Waals surface area contributed by atoms with Crippen molar-refractivity contribution in [2.45, 2.75) is 49.8 Å². The summed E-state index contributed by atoms with van der Waals surface area (Å²) in [6.45, 7) is 5.07. The number of allylic oxidation sites excluding steroid dienone is 2. The molecule has 9 heteroatoms. The van der Waals surface area contributed by atoms with E-state index in [0.29, 0.717) is 6.42 Å². The summed E-state index contributed by atoms with van der Waals surface area (Å²) in [7, 11) is 0. The van der Waals surface area contributed by atoms with Crippen LogP contribution in [0.3, 0.4) is 0 Å². The Morgan fingerprint density at radius 3 is 2.64 bits per heavy atom. The molecule has 2 aromatic rings. The van der Waals surface area contributed by atoms with Crippen molar-refractivity contribution in [3.05, 3.63) is 65.9 Å². The number of aliphatic imine (C=N–C) groups is 1. The molecule has 0 aliphatic carbocycles. The van der Waals surface area contributed by atoms with Gasteiger partial charge in [-0.2, -0.15) is 0 Å². The van der Waals surface area contributed by atoms with Crippen molar-refractivity contribution in [1.29, 1.82) is 0 Å². The van der Waals surface area contributed by atoms with Crippen molar-refractivity contribution in [3.63, 3.8) is 0 Å². The number of carboxylic acids is 1. The van der Waals surface area contributed by atoms with Crippen LogP contribution in [0, 0.1) is 0 Å². The first kappa shape index (κ1) is 28.2. The maximum Gasteiger partial charge on any atom is 1.00 e. The number of nitrogens with zero attached hydrogens (tertiary/aromatic N) is 2. The fraction of sp³-hybridized carbons (Fsp3) is 0.333. The minimum Gasteiger partial charge on any atom is -0.550 e. The zero-order valence-corrected chi connectivity index (χ0v) is 23.1. The van der Waals surface area contributed by atoms with Crippen LogP contribution in [0.25, 0.3) is 0 Å². The summed E-state index contributed by atoms with van der Waals surface area (Å²) >= 11 is 0.934. The number of para-hydroxylation sites is 1. The molecule has 0 unspecified atom stereocenters. The summed E-state index contributed by atoms with van der Waals surface area (Å²) in [5.41, 5.74) is 3.90. The van der Waals surface area contributed by atoms with Crippen LogP contribution < -0.4 is 61.4 Å². The van der Waals surface area contributed by atoms with Crippen molar-refractivity contribution in [2.75, 3.05) is 11.4 Å². The van der Waals surface area contributed by atoms with E-state index in [2.05, 4.69) is 33.1 Å². The monoisotopic (exact) mass is 494 g/mol. The largest absolute Gasteiger partial charge is 1.00 e. The fourth-order valence-corrected chi connectivity index (χ4v) is 4.32. The van der Waals surface area contributed by atoms with Gasteiger partial charge in [-0.25, -0.2) is 5.26 Å². The van der Waals surface area contributed by atoms with Gasteiger partial charge in [0.15, 0.2) is 0 Å². The fourth-order valence-electron chi connectivity index (χ4n) is 3.93. The average molecular weight is 495 g/mol. The van der Waals surface area contributed by atoms with Crippen LogP contribution in [0.4, 0.5) is 11.4 Å². The summed E-state index contributed by atoms with van der Waals surface area (Å²) < 4.78 is 4.60. The van der Waals surface area contributed by atoms with Crippen LogP contribution >= 0.6 is 12.0 Å². The third-order valence-electron chi connectivity index (χ3n) is 5.50. The van der Waals surface area contributed by atoms with Gasteiger partial charge in [0, 0.05) is 40.4 Å². The van der Waals surface area contributed by atoms with E-state index in [9.17, 15) is 9.90 Å². The summed E-state index contributed by atoms with van der Waals surface area (Å²) in [5, 5.41) is 22.9. The van der Waals surface area contributed by atoms with Gasteiger partial charge < -0.3 is 14.8 Å². The van der Waals surface area contributed by atoms with E-state index in [0.717, 1.165) is 59.0 Å². The molecular formula is C24H27KN2O5S. The van der Waals surface area contributed by atoms with E-state index < -0.39 is 5.97 Å². The summed E-state index contributed by atoms with van der Waals surface area (Å²) in [6.07, 6.45) is 6.21. The minimum absolute atomic E-state index is 0. The number of rotatable bonds is 11. The molecule has 1 heterocycles. The Morgan fingerprint density at radius 1 is 1.18 bits per heavy atom. The Bertz CT molecular complexity index is 982. The van der Waals surface area contributed by atoms with Gasteiger partial charge in [0.25, 0.3) is 0 Å². The number of carboxylic acid groups (broad SMARTS) is 1. The third-order valence-corrected chi connectivity index (χ3v) is 6.07. The van der Waals surface area contributed by atoms with Gasteiger partial charge in [-0.3, -0.25) is 4.99 Å². The van der Waals surface area contributed by atoms with Gasteiger partial charge in [-0.1, -0.05) is 43.5 Å². The van der Waals surface area contributed by atoms with Gasteiger partial charge >= 0.3 is 51.4 Å². The zero-order valence-electron chi connectivity index (χ0n) is 19.2. The Morgan fingerprint density at radius 2 is 1.94 bits per heavy atom. The van der Waals surface area contributed by atoms with E-state index in [4.69, 9.17) is 5.26 Å². The van der Waals surface area contributed by atoms with Gasteiger partial charge in [-0.05, 0) is 61.2 Å². The Balaban J connectivity index is 0.00000385. The molecule has 2 aromatic carbocycles. The predicted octanol–water partition coefficient (Wildman–Crippen LogP) is 1.81. The van der Waals surface area contributed by atoms with Crippen molar-refractivity contribution in [3.8, 4) is 0 Å². The summed E-state index contributed by atoms with van der Waals surface area (Å²) in [6, 6.07) is 15.7. The Hall–Kier alpha value is -1.01. The molecule has 0 saturated carbocycles. The Kier molecular flexibility index (Phi) is 11.8. The number of hydrogen-bond acceptors (Lipinski definition) is 8. The number of carbonyl (C=O) groups excluding carboxylic acids is 1. The minimum atomic E-state index is -1.01. The van der Waals surface area contributed by atoms with Gasteiger partial charge in [0.2, 0.25) is 0 Å². The molecule has 170 valence electrons. The number of aliphatic carboxylic acids is 1. The molecule has 3 rings (SSSR count). The quantitative estimate of drug-likeness (QED) is 0.127. The van der Waals surface area contributed by atoms with Crippen molar-refractivity contribution in [1.82, 2.24) is 0 Å². The zero-order chi connectivity index (χ0) is 23.0. The normalized spacial score (nSPS) is 15.6. The molecule has 0 radical (unpaired) electrons. The molecule has 0 amide bonds. The maximum absolute atomic E-state index is 10.7. The molecule has 33 heavy (non-hydrogen) atoms. The van der Waals surface area contributed by atoms with Crippen molar-refractivity contribution in [2.24, 2.45) is 4.99 Å². The second-order valence-corrected chi connectivity index (χ2v) is 8.80. The molecule has 0 fully saturated rings. The van der Waals surface area contributed by atoms with Crippen LogP contribution in [0.5, 0.6) is 0 Å². The number of benzene rings is 2. The maximum atomic E-state index is 10.7. The molecule has 0 aromatic heterocycles. The van der Waals surface area contributed by atoms with E-state index in [-0.39, 0.29) is 63.2 Å². The molecule has 0 saturated heterocycles. The first-order valence-electron chi connectivity index (χ1n) is 10.5. The SMILES string of the molecule is CC1(C)C(=CC=Nc2ccccc2)N(CCCCCC(=O)[O-])c2ccc(SOOO)cc21.[K+]. The van der Waals surface area contributed by atoms with Gasteiger partial charge in [0.05, 0.1) is 17.7 Å². The van der Waals surface area contributed by atoms with Gasteiger partial charge in [0.1, 0.15) is 0 Å². The summed E-state index contributed by atoms with van der Waals surface area (Å²) in [4.78, 5) is 18.3.